The number of rotatable bonds is 6. The molecule has 0 saturated carbocycles. The van der Waals surface area contributed by atoms with Crippen LogP contribution in [0.4, 0.5) is 35.3 Å². The van der Waals surface area contributed by atoms with Crippen molar-refractivity contribution in [3.63, 3.8) is 0 Å². The van der Waals surface area contributed by atoms with Crippen LogP contribution in [0.1, 0.15) is 16.8 Å². The predicted molar refractivity (Wildman–Crippen MR) is 140 cm³/mol. The summed E-state index contributed by atoms with van der Waals surface area (Å²) in [6.07, 6.45) is -2.10. The zero-order valence-electron chi connectivity index (χ0n) is 21.1. The zero-order valence-corrected chi connectivity index (χ0v) is 21.1. The molecule has 4 aromatic rings. The number of carbonyl (C=O) groups is 1. The molecule has 0 spiro atoms. The van der Waals surface area contributed by atoms with Crippen LogP contribution in [0.25, 0.3) is 16.6 Å². The number of pyridine rings is 1. The van der Waals surface area contributed by atoms with E-state index in [4.69, 9.17) is 10.5 Å². The van der Waals surface area contributed by atoms with E-state index in [1.54, 1.807) is 28.8 Å². The molecule has 3 aromatic heterocycles. The lowest BCUT2D eigenvalue weighted by atomic mass is 9.98. The Hall–Kier alpha value is -4.74. The number of aromatic nitrogens is 4. The number of nitrogen functional groups attached to an aromatic ring is 1. The Bertz CT molecular complexity index is 1570. The lowest BCUT2D eigenvalue weighted by Gasteiger charge is -2.26. The smallest absolute Gasteiger partial charge is 0.382 e. The summed E-state index contributed by atoms with van der Waals surface area (Å²) in [7, 11) is 0. The van der Waals surface area contributed by atoms with Gasteiger partial charge in [-0.3, -0.25) is 10.2 Å². The van der Waals surface area contributed by atoms with E-state index in [0.29, 0.717) is 36.5 Å². The molecule has 206 valence electrons. The second kappa shape index (κ2) is 11.2. The van der Waals surface area contributed by atoms with E-state index < -0.39 is 17.8 Å². The van der Waals surface area contributed by atoms with Crippen molar-refractivity contribution in [2.75, 3.05) is 42.7 Å². The molecule has 40 heavy (non-hydrogen) atoms. The molecule has 1 aliphatic rings. The van der Waals surface area contributed by atoms with Crippen LogP contribution in [0.2, 0.25) is 0 Å². The molecule has 1 saturated heterocycles. The number of carbonyl (C=O) groups excluding carboxylic acids is 1. The van der Waals surface area contributed by atoms with Crippen LogP contribution in [0.3, 0.4) is 0 Å². The first-order chi connectivity index (χ1) is 19.2. The molecule has 4 N–H and O–H groups in total. The molecule has 0 aliphatic carbocycles. The van der Waals surface area contributed by atoms with Gasteiger partial charge < -0.3 is 15.8 Å². The number of benzene rings is 1. The quantitative estimate of drug-likeness (QED) is 0.327. The number of nitrogens with two attached hydrogens (primary N) is 1. The molecule has 0 unspecified atom stereocenters. The van der Waals surface area contributed by atoms with Gasteiger partial charge in [0.1, 0.15) is 17.7 Å². The van der Waals surface area contributed by atoms with Crippen molar-refractivity contribution in [3.05, 3.63) is 65.7 Å². The Kier molecular flexibility index (Phi) is 7.50. The number of hydrogen-bond donors (Lipinski definition) is 3. The Labute approximate surface area is 226 Å². The monoisotopic (exact) mass is 551 g/mol. The number of nitrogens with one attached hydrogen (secondary N) is 2. The maximum Gasteiger partial charge on any atom is 0.416 e. The van der Waals surface area contributed by atoms with E-state index in [9.17, 15) is 23.2 Å². The molecule has 2 amide bonds. The van der Waals surface area contributed by atoms with Gasteiger partial charge >= 0.3 is 12.2 Å². The van der Waals surface area contributed by atoms with Crippen LogP contribution in [0.5, 0.6) is 0 Å². The molecule has 0 atom stereocenters. The lowest BCUT2D eigenvalue weighted by Crippen LogP contribution is -2.36. The predicted octanol–water partition coefficient (Wildman–Crippen LogP) is 3.93. The molecule has 1 aliphatic heterocycles. The molecule has 0 bridgehead atoms. The van der Waals surface area contributed by atoms with E-state index in [2.05, 4.69) is 36.7 Å². The van der Waals surface area contributed by atoms with Gasteiger partial charge in [0.25, 0.3) is 0 Å². The largest absolute Gasteiger partial charge is 0.416 e. The molecule has 5 rings (SSSR count). The molecule has 1 fully saturated rings. The fraction of sp³-hybridized carbons (Fsp3) is 0.269. The highest BCUT2D eigenvalue weighted by atomic mass is 19.4. The van der Waals surface area contributed by atoms with Gasteiger partial charge in [0, 0.05) is 37.1 Å². The highest BCUT2D eigenvalue weighted by Crippen LogP contribution is 2.37. The van der Waals surface area contributed by atoms with E-state index >= 15 is 0 Å². The number of halogens is 3. The van der Waals surface area contributed by atoms with Gasteiger partial charge in [0.2, 0.25) is 0 Å². The summed E-state index contributed by atoms with van der Waals surface area (Å²) in [5, 5.41) is 19.0. The standard InChI is InChI=1S/C26H24F3N9O2/c27-26(28,29)17-6-8-32-21(13-17)36-25(39)35-18-3-1-16(2-4-18)22-19(5-7-30)20(14-37-9-11-40-12-10-37)38-23(22)24(31)33-15-34-38/h1-4,6,8,13,15H,5,9-12,14H2,(H2,31,33,34)(H2,32,35,36,39). The topological polar surface area (TPSA) is 146 Å². The van der Waals surface area contributed by atoms with Crippen LogP contribution in [0, 0.1) is 11.3 Å². The summed E-state index contributed by atoms with van der Waals surface area (Å²) in [4.78, 5) is 22.6. The van der Waals surface area contributed by atoms with Gasteiger partial charge in [0.05, 0.1) is 37.0 Å². The average Bonchev–Trinajstić information content (AvgIpc) is 3.23. The number of urea groups is 1. The Morgan fingerprint density at radius 2 is 1.88 bits per heavy atom. The fourth-order valence-corrected chi connectivity index (χ4v) is 4.61. The van der Waals surface area contributed by atoms with Crippen molar-refractivity contribution in [2.45, 2.75) is 19.1 Å². The first-order valence-corrected chi connectivity index (χ1v) is 12.3. The average molecular weight is 552 g/mol. The molecular weight excluding hydrogens is 527 g/mol. The minimum atomic E-state index is -4.56. The van der Waals surface area contributed by atoms with Crippen molar-refractivity contribution >= 4 is 28.9 Å². The lowest BCUT2D eigenvalue weighted by molar-refractivity contribution is -0.137. The summed E-state index contributed by atoms with van der Waals surface area (Å²) in [6.45, 7) is 3.27. The molecule has 1 aromatic carbocycles. The van der Waals surface area contributed by atoms with Gasteiger partial charge in [-0.2, -0.15) is 23.5 Å². The summed E-state index contributed by atoms with van der Waals surface area (Å²) in [5.41, 5.74) is 9.36. The Morgan fingerprint density at radius 1 is 1.12 bits per heavy atom. The second-order valence-electron chi connectivity index (χ2n) is 9.01. The third kappa shape index (κ3) is 5.65. The molecule has 0 radical (unpaired) electrons. The summed E-state index contributed by atoms with van der Waals surface area (Å²) in [6, 6.07) is 9.81. The van der Waals surface area contributed by atoms with Crippen molar-refractivity contribution < 1.29 is 22.7 Å². The van der Waals surface area contributed by atoms with E-state index in [1.165, 1.54) is 6.33 Å². The number of nitrogens with zero attached hydrogens (tertiary/aromatic N) is 6. The maximum atomic E-state index is 12.9. The minimum Gasteiger partial charge on any atom is -0.382 e. The number of hydrogen-bond acceptors (Lipinski definition) is 8. The van der Waals surface area contributed by atoms with Crippen molar-refractivity contribution in [1.29, 1.82) is 5.26 Å². The third-order valence-electron chi connectivity index (χ3n) is 6.45. The number of morpholine rings is 1. The number of anilines is 3. The highest BCUT2D eigenvalue weighted by molar-refractivity contribution is 5.99. The van der Waals surface area contributed by atoms with E-state index in [-0.39, 0.29) is 18.1 Å². The van der Waals surface area contributed by atoms with Gasteiger partial charge in [-0.05, 0) is 35.4 Å². The minimum absolute atomic E-state index is 0.115. The summed E-state index contributed by atoms with van der Waals surface area (Å²) >= 11 is 0. The summed E-state index contributed by atoms with van der Waals surface area (Å²) in [5.74, 6) is 0.0150. The summed E-state index contributed by atoms with van der Waals surface area (Å²) < 4.78 is 46.0. The first kappa shape index (κ1) is 26.9. The maximum absolute atomic E-state index is 12.9. The van der Waals surface area contributed by atoms with Crippen LogP contribution < -0.4 is 16.4 Å². The number of amides is 2. The van der Waals surface area contributed by atoms with Gasteiger partial charge in [-0.15, -0.1) is 0 Å². The number of ether oxygens (including phenoxy) is 1. The van der Waals surface area contributed by atoms with Crippen molar-refractivity contribution in [2.24, 2.45) is 0 Å². The van der Waals surface area contributed by atoms with Crippen molar-refractivity contribution in [3.8, 4) is 17.2 Å². The zero-order chi connectivity index (χ0) is 28.3. The Morgan fingerprint density at radius 3 is 2.58 bits per heavy atom. The third-order valence-corrected chi connectivity index (χ3v) is 6.45. The number of alkyl halides is 3. The fourth-order valence-electron chi connectivity index (χ4n) is 4.61. The first-order valence-electron chi connectivity index (χ1n) is 12.3. The van der Waals surface area contributed by atoms with Crippen LogP contribution in [0.15, 0.2) is 48.9 Å². The normalized spacial score (nSPS) is 14.2. The van der Waals surface area contributed by atoms with Crippen LogP contribution in [-0.4, -0.2) is 56.8 Å². The molecule has 11 nitrogen and oxygen atoms in total. The van der Waals surface area contributed by atoms with E-state index in [1.807, 2.05) is 0 Å². The second-order valence-corrected chi connectivity index (χ2v) is 9.01. The van der Waals surface area contributed by atoms with Gasteiger partial charge in [-0.1, -0.05) is 12.1 Å². The number of nitriles is 1. The van der Waals surface area contributed by atoms with Crippen molar-refractivity contribution in [1.82, 2.24) is 24.5 Å². The highest BCUT2D eigenvalue weighted by Gasteiger charge is 2.31. The van der Waals surface area contributed by atoms with Gasteiger partial charge in [-0.25, -0.2) is 19.3 Å². The van der Waals surface area contributed by atoms with E-state index in [0.717, 1.165) is 48.2 Å². The van der Waals surface area contributed by atoms with Crippen LogP contribution in [-0.2, 0) is 23.9 Å². The Balaban J connectivity index is 1.42. The number of fused-ring (bicyclic) bond motifs is 1. The van der Waals surface area contributed by atoms with Crippen LogP contribution >= 0.6 is 0 Å². The molecule has 4 heterocycles. The SMILES string of the molecule is N#CCc1c(-c2ccc(NC(=O)Nc3cc(C(F)(F)F)ccn3)cc2)c2c(N)ncnn2c1CN1CCOCC1. The molecule has 14 heteroatoms. The van der Waals surface area contributed by atoms with Gasteiger partial charge in [0.15, 0.2) is 5.82 Å². The molecular formula is C26H24F3N9O2.